The van der Waals surface area contributed by atoms with E-state index in [0.717, 1.165) is 33.7 Å². The highest BCUT2D eigenvalue weighted by Crippen LogP contribution is 2.29. The molecule has 1 heterocycles. The van der Waals surface area contributed by atoms with Crippen molar-refractivity contribution >= 4 is 40.7 Å². The number of nitrogens with zero attached hydrogens (tertiary/aromatic N) is 1. The van der Waals surface area contributed by atoms with Gasteiger partial charge in [-0.2, -0.15) is 0 Å². The smallest absolute Gasteiger partial charge is 0.335 e. The van der Waals surface area contributed by atoms with E-state index in [2.05, 4.69) is 10.3 Å². The van der Waals surface area contributed by atoms with Gasteiger partial charge < -0.3 is 15.2 Å². The molecule has 24 heavy (non-hydrogen) atoms. The van der Waals surface area contributed by atoms with E-state index in [1.165, 1.54) is 0 Å². The van der Waals surface area contributed by atoms with E-state index in [-0.39, 0.29) is 18.0 Å². The summed E-state index contributed by atoms with van der Waals surface area (Å²) in [4.78, 5) is 15.4. The van der Waals surface area contributed by atoms with Crippen molar-refractivity contribution in [2.45, 2.75) is 6.92 Å². The van der Waals surface area contributed by atoms with Gasteiger partial charge in [0.2, 0.25) is 0 Å². The number of aryl methyl sites for hydroxylation is 1. The van der Waals surface area contributed by atoms with Gasteiger partial charge in [-0.05, 0) is 55.5 Å². The van der Waals surface area contributed by atoms with Gasteiger partial charge in [-0.1, -0.05) is 0 Å². The molecule has 0 aliphatic heterocycles. The lowest BCUT2D eigenvalue weighted by Crippen LogP contribution is -1.98. The molecule has 0 saturated carbocycles. The van der Waals surface area contributed by atoms with E-state index in [9.17, 15) is 4.79 Å². The third-order valence-corrected chi connectivity index (χ3v) is 3.55. The number of pyridine rings is 1. The summed E-state index contributed by atoms with van der Waals surface area (Å²) >= 11 is 0. The van der Waals surface area contributed by atoms with Crippen molar-refractivity contribution in [2.24, 2.45) is 0 Å². The first-order valence-electron chi connectivity index (χ1n) is 7.12. The fourth-order valence-electron chi connectivity index (χ4n) is 2.42. The summed E-state index contributed by atoms with van der Waals surface area (Å²) < 4.78 is 5.28. The van der Waals surface area contributed by atoms with E-state index in [4.69, 9.17) is 9.84 Å². The average Bonchev–Trinajstić information content (AvgIpc) is 2.55. The quantitative estimate of drug-likeness (QED) is 0.733. The molecule has 0 bridgehead atoms. The SMILES string of the molecule is COc1ccc2nc(C)cc(Nc3ccc(C(=O)O)cc3)c2c1.Cl. The van der Waals surface area contributed by atoms with Crippen LogP contribution in [0.1, 0.15) is 16.1 Å². The second kappa shape index (κ2) is 7.19. The van der Waals surface area contributed by atoms with Crippen LogP contribution in [0.5, 0.6) is 5.75 Å². The summed E-state index contributed by atoms with van der Waals surface area (Å²) in [6, 6.07) is 14.3. The van der Waals surface area contributed by atoms with Crippen molar-refractivity contribution in [1.29, 1.82) is 0 Å². The third-order valence-electron chi connectivity index (χ3n) is 3.55. The van der Waals surface area contributed by atoms with E-state index in [0.29, 0.717) is 0 Å². The van der Waals surface area contributed by atoms with Gasteiger partial charge in [0, 0.05) is 22.5 Å². The largest absolute Gasteiger partial charge is 0.497 e. The van der Waals surface area contributed by atoms with Crippen LogP contribution in [0.4, 0.5) is 11.4 Å². The van der Waals surface area contributed by atoms with Gasteiger partial charge in [0.1, 0.15) is 5.75 Å². The summed E-state index contributed by atoms with van der Waals surface area (Å²) in [6.45, 7) is 1.93. The Bertz CT molecular complexity index is 879. The number of benzene rings is 2. The minimum Gasteiger partial charge on any atom is -0.497 e. The van der Waals surface area contributed by atoms with Gasteiger partial charge in [0.25, 0.3) is 0 Å². The molecule has 2 aromatic carbocycles. The number of ether oxygens (including phenoxy) is 1. The van der Waals surface area contributed by atoms with Crippen LogP contribution in [0.25, 0.3) is 10.9 Å². The van der Waals surface area contributed by atoms with Crippen molar-refractivity contribution in [3.05, 3.63) is 59.8 Å². The van der Waals surface area contributed by atoms with Gasteiger partial charge >= 0.3 is 5.97 Å². The minimum atomic E-state index is -0.938. The van der Waals surface area contributed by atoms with Crippen LogP contribution in [0, 0.1) is 6.92 Å². The van der Waals surface area contributed by atoms with Crippen LogP contribution in [-0.2, 0) is 0 Å². The Labute approximate surface area is 145 Å². The highest BCUT2D eigenvalue weighted by molar-refractivity contribution is 5.94. The minimum absolute atomic E-state index is 0. The zero-order valence-corrected chi connectivity index (χ0v) is 14.1. The van der Waals surface area contributed by atoms with Crippen molar-refractivity contribution in [3.8, 4) is 5.75 Å². The molecule has 0 atom stereocenters. The Hall–Kier alpha value is -2.79. The topological polar surface area (TPSA) is 71.5 Å². The number of methoxy groups -OCH3 is 1. The Morgan fingerprint density at radius 2 is 1.83 bits per heavy atom. The number of carboxylic acids is 1. The van der Waals surface area contributed by atoms with E-state index < -0.39 is 5.97 Å². The molecule has 0 spiro atoms. The first-order chi connectivity index (χ1) is 11.1. The highest BCUT2D eigenvalue weighted by atomic mass is 35.5. The molecule has 3 aromatic rings. The van der Waals surface area contributed by atoms with Crippen LogP contribution in [-0.4, -0.2) is 23.2 Å². The number of fused-ring (bicyclic) bond motifs is 1. The lowest BCUT2D eigenvalue weighted by atomic mass is 10.1. The molecule has 0 unspecified atom stereocenters. The number of carbonyl (C=O) groups is 1. The zero-order valence-electron chi connectivity index (χ0n) is 13.2. The van der Waals surface area contributed by atoms with Crippen molar-refractivity contribution < 1.29 is 14.6 Å². The molecular formula is C18H17ClN2O3. The monoisotopic (exact) mass is 344 g/mol. The van der Waals surface area contributed by atoms with Crippen molar-refractivity contribution in [2.75, 3.05) is 12.4 Å². The number of anilines is 2. The van der Waals surface area contributed by atoms with Crippen molar-refractivity contribution in [1.82, 2.24) is 4.98 Å². The molecule has 0 amide bonds. The Balaban J connectivity index is 0.00000208. The molecule has 0 fully saturated rings. The number of aromatic carboxylic acids is 1. The summed E-state index contributed by atoms with van der Waals surface area (Å²) in [5, 5.41) is 13.2. The molecule has 5 nitrogen and oxygen atoms in total. The summed E-state index contributed by atoms with van der Waals surface area (Å²) in [5.74, 6) is -0.182. The Kier molecular flexibility index (Phi) is 5.26. The lowest BCUT2D eigenvalue weighted by Gasteiger charge is -2.12. The van der Waals surface area contributed by atoms with Gasteiger partial charge in [-0.25, -0.2) is 4.79 Å². The average molecular weight is 345 g/mol. The highest BCUT2D eigenvalue weighted by Gasteiger charge is 2.07. The molecule has 6 heteroatoms. The van der Waals surface area contributed by atoms with Gasteiger partial charge in [0.15, 0.2) is 0 Å². The maximum Gasteiger partial charge on any atom is 0.335 e. The van der Waals surface area contributed by atoms with E-state index in [1.807, 2.05) is 31.2 Å². The molecular weight excluding hydrogens is 328 g/mol. The van der Waals surface area contributed by atoms with Crippen LogP contribution in [0.15, 0.2) is 48.5 Å². The standard InChI is InChI=1S/C18H16N2O3.ClH/c1-11-9-17(15-10-14(23-2)7-8-16(15)19-11)20-13-5-3-12(4-6-13)18(21)22;/h3-10H,1-2H3,(H,19,20)(H,21,22);1H. The predicted octanol–water partition coefficient (Wildman–Crippen LogP) is 4.42. The first kappa shape index (κ1) is 17.6. The summed E-state index contributed by atoms with van der Waals surface area (Å²) in [5.41, 5.74) is 3.73. The lowest BCUT2D eigenvalue weighted by molar-refractivity contribution is 0.0697. The normalized spacial score (nSPS) is 10.1. The number of aromatic nitrogens is 1. The van der Waals surface area contributed by atoms with E-state index >= 15 is 0 Å². The number of nitrogens with one attached hydrogen (secondary N) is 1. The number of hydrogen-bond donors (Lipinski definition) is 2. The van der Waals surface area contributed by atoms with Gasteiger partial charge in [-0.3, -0.25) is 4.98 Å². The molecule has 0 aliphatic rings. The zero-order chi connectivity index (χ0) is 16.4. The molecule has 1 aromatic heterocycles. The fourth-order valence-corrected chi connectivity index (χ4v) is 2.42. The Morgan fingerprint density at radius 3 is 2.46 bits per heavy atom. The van der Waals surface area contributed by atoms with Crippen LogP contribution in [0.3, 0.4) is 0 Å². The number of rotatable bonds is 4. The van der Waals surface area contributed by atoms with Gasteiger partial charge in [0.05, 0.1) is 18.2 Å². The van der Waals surface area contributed by atoms with Crippen LogP contribution in [0.2, 0.25) is 0 Å². The number of halogens is 1. The fraction of sp³-hybridized carbons (Fsp3) is 0.111. The summed E-state index contributed by atoms with van der Waals surface area (Å²) in [6.07, 6.45) is 0. The molecule has 3 rings (SSSR count). The maximum atomic E-state index is 10.9. The summed E-state index contributed by atoms with van der Waals surface area (Å²) in [7, 11) is 1.63. The Morgan fingerprint density at radius 1 is 1.12 bits per heavy atom. The molecule has 0 radical (unpaired) electrons. The number of hydrogen-bond acceptors (Lipinski definition) is 4. The molecule has 0 saturated heterocycles. The first-order valence-corrected chi connectivity index (χ1v) is 7.12. The molecule has 0 aliphatic carbocycles. The second-order valence-corrected chi connectivity index (χ2v) is 5.20. The molecule has 2 N–H and O–H groups in total. The number of carboxylic acid groups (broad SMARTS) is 1. The van der Waals surface area contributed by atoms with Crippen LogP contribution < -0.4 is 10.1 Å². The van der Waals surface area contributed by atoms with Gasteiger partial charge in [-0.15, -0.1) is 12.4 Å². The van der Waals surface area contributed by atoms with E-state index in [1.54, 1.807) is 31.4 Å². The third kappa shape index (κ3) is 3.58. The molecule has 124 valence electrons. The second-order valence-electron chi connectivity index (χ2n) is 5.20. The predicted molar refractivity (Wildman–Crippen MR) is 97.0 cm³/mol. The van der Waals surface area contributed by atoms with Crippen LogP contribution >= 0.6 is 12.4 Å². The maximum absolute atomic E-state index is 10.9. The van der Waals surface area contributed by atoms with Crippen molar-refractivity contribution in [3.63, 3.8) is 0 Å².